The molecule has 0 aromatic rings. The Bertz CT molecular complexity index is 222. The van der Waals surface area contributed by atoms with Gasteiger partial charge in [0, 0.05) is 25.0 Å². The molecule has 0 aromatic heterocycles. The van der Waals surface area contributed by atoms with Crippen LogP contribution in [0, 0.1) is 11.8 Å². The van der Waals surface area contributed by atoms with E-state index in [1.807, 2.05) is 4.90 Å². The summed E-state index contributed by atoms with van der Waals surface area (Å²) in [6, 6.07) is 0.487. The van der Waals surface area contributed by atoms with E-state index in [1.54, 1.807) is 0 Å². The highest BCUT2D eigenvalue weighted by atomic mass is 16.2. The van der Waals surface area contributed by atoms with Gasteiger partial charge >= 0.3 is 0 Å². The molecule has 3 nitrogen and oxygen atoms in total. The van der Waals surface area contributed by atoms with Gasteiger partial charge in [-0.3, -0.25) is 4.79 Å². The van der Waals surface area contributed by atoms with Gasteiger partial charge in [-0.2, -0.15) is 0 Å². The van der Waals surface area contributed by atoms with Crippen LogP contribution in [0.15, 0.2) is 0 Å². The number of piperidine rings is 1. The first kappa shape index (κ1) is 13.5. The van der Waals surface area contributed by atoms with Crippen LogP contribution in [-0.2, 0) is 4.79 Å². The molecule has 1 aliphatic rings. The summed E-state index contributed by atoms with van der Waals surface area (Å²) in [5, 5.41) is 3.39. The third kappa shape index (κ3) is 3.78. The van der Waals surface area contributed by atoms with Gasteiger partial charge in [0.1, 0.15) is 0 Å². The van der Waals surface area contributed by atoms with Crippen LogP contribution in [0.4, 0.5) is 0 Å². The third-order valence-corrected chi connectivity index (χ3v) is 3.25. The maximum absolute atomic E-state index is 12.3. The number of amides is 1. The van der Waals surface area contributed by atoms with Crippen molar-refractivity contribution in [2.24, 2.45) is 11.8 Å². The summed E-state index contributed by atoms with van der Waals surface area (Å²) in [6.07, 6.45) is 1.99. The first-order valence-corrected chi connectivity index (χ1v) is 6.56. The van der Waals surface area contributed by atoms with Gasteiger partial charge in [-0.05, 0) is 39.2 Å². The van der Waals surface area contributed by atoms with Gasteiger partial charge in [-0.25, -0.2) is 0 Å². The summed E-state index contributed by atoms with van der Waals surface area (Å²) in [6.45, 7) is 11.3. The van der Waals surface area contributed by atoms with Crippen molar-refractivity contribution >= 4 is 5.91 Å². The lowest BCUT2D eigenvalue weighted by atomic mass is 9.91. The second-order valence-corrected chi connectivity index (χ2v) is 5.35. The van der Waals surface area contributed by atoms with E-state index in [9.17, 15) is 4.79 Å². The Labute approximate surface area is 99.6 Å². The Balaban J connectivity index is 2.52. The Kier molecular flexibility index (Phi) is 5.26. The number of hydrogen-bond acceptors (Lipinski definition) is 2. The van der Waals surface area contributed by atoms with Crippen LogP contribution in [0.1, 0.15) is 40.5 Å². The molecule has 1 N–H and O–H groups in total. The predicted molar refractivity (Wildman–Crippen MR) is 67.3 cm³/mol. The van der Waals surface area contributed by atoms with Crippen LogP contribution in [0.25, 0.3) is 0 Å². The van der Waals surface area contributed by atoms with E-state index in [0.29, 0.717) is 17.9 Å². The molecule has 0 unspecified atom stereocenters. The van der Waals surface area contributed by atoms with Gasteiger partial charge in [0.15, 0.2) is 0 Å². The van der Waals surface area contributed by atoms with Gasteiger partial charge in [-0.1, -0.05) is 13.8 Å². The molecule has 0 spiro atoms. The van der Waals surface area contributed by atoms with Crippen LogP contribution < -0.4 is 5.32 Å². The van der Waals surface area contributed by atoms with Crippen molar-refractivity contribution in [3.63, 3.8) is 0 Å². The predicted octanol–water partition coefficient (Wildman–Crippen LogP) is 1.88. The Hall–Kier alpha value is -0.570. The number of hydrogen-bond donors (Lipinski definition) is 1. The van der Waals surface area contributed by atoms with E-state index in [2.05, 4.69) is 33.0 Å². The van der Waals surface area contributed by atoms with Crippen LogP contribution in [0.2, 0.25) is 0 Å². The zero-order valence-corrected chi connectivity index (χ0v) is 11.1. The average Bonchev–Trinajstić information content (AvgIpc) is 2.24. The highest BCUT2D eigenvalue weighted by Gasteiger charge is 2.27. The van der Waals surface area contributed by atoms with Gasteiger partial charge in [0.05, 0.1) is 0 Å². The van der Waals surface area contributed by atoms with E-state index in [0.717, 1.165) is 32.5 Å². The van der Waals surface area contributed by atoms with Crippen molar-refractivity contribution in [2.75, 3.05) is 19.6 Å². The smallest absolute Gasteiger partial charge is 0.225 e. The monoisotopic (exact) mass is 226 g/mol. The number of nitrogens with zero attached hydrogens (tertiary/aromatic N) is 1. The van der Waals surface area contributed by atoms with Crippen molar-refractivity contribution in [3.05, 3.63) is 0 Å². The molecule has 0 saturated carbocycles. The van der Waals surface area contributed by atoms with Gasteiger partial charge in [0.25, 0.3) is 0 Å². The maximum Gasteiger partial charge on any atom is 0.225 e. The maximum atomic E-state index is 12.3. The summed E-state index contributed by atoms with van der Waals surface area (Å²) in [4.78, 5) is 14.3. The molecule has 1 amide bonds. The molecule has 94 valence electrons. The van der Waals surface area contributed by atoms with Crippen molar-refractivity contribution in [1.29, 1.82) is 0 Å². The molecule has 1 rings (SSSR count). The van der Waals surface area contributed by atoms with Crippen molar-refractivity contribution in [3.8, 4) is 0 Å². The first-order chi connectivity index (χ1) is 7.54. The quantitative estimate of drug-likeness (QED) is 0.794. The summed E-state index contributed by atoms with van der Waals surface area (Å²) < 4.78 is 0. The van der Waals surface area contributed by atoms with Crippen LogP contribution in [-0.4, -0.2) is 36.5 Å². The minimum Gasteiger partial charge on any atom is -0.342 e. The summed E-state index contributed by atoms with van der Waals surface area (Å²) in [7, 11) is 0. The van der Waals surface area contributed by atoms with E-state index in [1.165, 1.54) is 0 Å². The van der Waals surface area contributed by atoms with Gasteiger partial charge < -0.3 is 10.2 Å². The highest BCUT2D eigenvalue weighted by Crippen LogP contribution is 2.19. The highest BCUT2D eigenvalue weighted by molar-refractivity contribution is 5.79. The lowest BCUT2D eigenvalue weighted by Crippen LogP contribution is -2.45. The fraction of sp³-hybridized carbons (Fsp3) is 0.923. The third-order valence-electron chi connectivity index (χ3n) is 3.25. The summed E-state index contributed by atoms with van der Waals surface area (Å²) >= 11 is 0. The van der Waals surface area contributed by atoms with Crippen molar-refractivity contribution in [2.45, 2.75) is 46.6 Å². The fourth-order valence-electron chi connectivity index (χ4n) is 2.43. The number of carbonyl (C=O) groups excluding carboxylic acids is 1. The largest absolute Gasteiger partial charge is 0.342 e. The van der Waals surface area contributed by atoms with Gasteiger partial charge in [-0.15, -0.1) is 0 Å². The van der Waals surface area contributed by atoms with E-state index in [-0.39, 0.29) is 5.92 Å². The lowest BCUT2D eigenvalue weighted by Gasteiger charge is -2.32. The molecule has 1 aliphatic heterocycles. The van der Waals surface area contributed by atoms with Crippen molar-refractivity contribution < 1.29 is 4.79 Å². The molecule has 16 heavy (non-hydrogen) atoms. The second-order valence-electron chi connectivity index (χ2n) is 5.35. The summed E-state index contributed by atoms with van der Waals surface area (Å²) in [5.74, 6) is 1.17. The SMILES string of the molecule is CCN(CC(C)C)C(=O)[C@H]1CCN[C@@H](C)C1. The number of rotatable bonds is 4. The van der Waals surface area contributed by atoms with E-state index >= 15 is 0 Å². The van der Waals surface area contributed by atoms with E-state index < -0.39 is 0 Å². The molecule has 3 heteroatoms. The number of carbonyl (C=O) groups is 1. The molecular formula is C13H26N2O. The molecular weight excluding hydrogens is 200 g/mol. The fourth-order valence-corrected chi connectivity index (χ4v) is 2.43. The Morgan fingerprint density at radius 2 is 2.19 bits per heavy atom. The second kappa shape index (κ2) is 6.24. The van der Waals surface area contributed by atoms with Gasteiger partial charge in [0.2, 0.25) is 5.91 Å². The summed E-state index contributed by atoms with van der Waals surface area (Å²) in [5.41, 5.74) is 0. The molecule has 1 saturated heterocycles. The first-order valence-electron chi connectivity index (χ1n) is 6.56. The van der Waals surface area contributed by atoms with Crippen LogP contribution in [0.3, 0.4) is 0 Å². The zero-order chi connectivity index (χ0) is 12.1. The standard InChI is InChI=1S/C13H26N2O/c1-5-15(9-10(2)3)13(16)12-6-7-14-11(4)8-12/h10-12,14H,5-9H2,1-4H3/t11-,12-/m0/s1. The molecule has 2 atom stereocenters. The minimum absolute atomic E-state index is 0.245. The Morgan fingerprint density at radius 1 is 1.50 bits per heavy atom. The molecule has 0 radical (unpaired) electrons. The van der Waals surface area contributed by atoms with Crippen LogP contribution in [0.5, 0.6) is 0 Å². The normalized spacial score (nSPS) is 25.8. The Morgan fingerprint density at radius 3 is 2.69 bits per heavy atom. The molecule has 1 fully saturated rings. The lowest BCUT2D eigenvalue weighted by molar-refractivity contribution is -0.137. The topological polar surface area (TPSA) is 32.3 Å². The molecule has 0 aliphatic carbocycles. The zero-order valence-electron chi connectivity index (χ0n) is 11.1. The van der Waals surface area contributed by atoms with Crippen LogP contribution >= 0.6 is 0 Å². The molecule has 0 bridgehead atoms. The minimum atomic E-state index is 0.245. The van der Waals surface area contributed by atoms with E-state index in [4.69, 9.17) is 0 Å². The number of nitrogens with one attached hydrogen (secondary N) is 1. The molecule has 0 aromatic carbocycles. The average molecular weight is 226 g/mol. The van der Waals surface area contributed by atoms with Crippen molar-refractivity contribution in [1.82, 2.24) is 10.2 Å². The molecule has 1 heterocycles.